The van der Waals surface area contributed by atoms with Crippen LogP contribution in [0, 0.1) is 5.41 Å². The summed E-state index contributed by atoms with van der Waals surface area (Å²) in [5.41, 5.74) is 9.95. The third-order valence-corrected chi connectivity index (χ3v) is 15.1. The summed E-state index contributed by atoms with van der Waals surface area (Å²) in [4.78, 5) is 5.51. The molecule has 1 fully saturated rings. The molecule has 1 saturated carbocycles. The van der Waals surface area contributed by atoms with Gasteiger partial charge in [0.25, 0.3) is 0 Å². The Morgan fingerprint density at radius 1 is 0.975 bits per heavy atom. The van der Waals surface area contributed by atoms with Gasteiger partial charge in [0.05, 0.1) is 6.10 Å². The lowest BCUT2D eigenvalue weighted by Crippen LogP contribution is -2.46. The second kappa shape index (κ2) is 10.8. The van der Waals surface area contributed by atoms with Crippen molar-refractivity contribution in [2.45, 2.75) is 142 Å². The number of aromatic nitrogens is 1. The van der Waals surface area contributed by atoms with Crippen molar-refractivity contribution in [1.29, 1.82) is 0 Å². The highest BCUT2D eigenvalue weighted by Crippen LogP contribution is 2.58. The molecule has 1 N–H and O–H groups in total. The Bertz CT molecular complexity index is 1260. The van der Waals surface area contributed by atoms with E-state index in [1.165, 1.54) is 53.6 Å². The molecule has 3 aliphatic carbocycles. The third kappa shape index (κ3) is 5.41. The Labute approximate surface area is 245 Å². The van der Waals surface area contributed by atoms with Crippen molar-refractivity contribution >= 4 is 13.9 Å². The first kappa shape index (κ1) is 29.7. The van der Waals surface area contributed by atoms with E-state index in [1.807, 2.05) is 0 Å². The number of hydrogen-bond acceptors (Lipinski definition) is 3. The standard InChI is InChI=1S/C36H53NO2Si/c1-23(2)25-15-17-27(18-16-25)34(38)32-30(26-13-10-11-14-26)31-28(37-33(32)24(3)4)21-36(19-12-20-36)22-29(31)39-40(8,9)35(5,6)7/h13,15-18,23-24,29,34,38H,10-12,14,19-22H2,1-9H3. The maximum Gasteiger partial charge on any atom is 0.192 e. The molecule has 1 aromatic carbocycles. The summed E-state index contributed by atoms with van der Waals surface area (Å²) in [5.74, 6) is 0.693. The van der Waals surface area contributed by atoms with Crippen LogP contribution in [0.25, 0.3) is 5.57 Å². The Morgan fingerprint density at radius 3 is 2.12 bits per heavy atom. The number of nitrogens with zero attached hydrogens (tertiary/aromatic N) is 1. The fourth-order valence-electron chi connectivity index (χ4n) is 6.97. The zero-order chi connectivity index (χ0) is 29.0. The van der Waals surface area contributed by atoms with Gasteiger partial charge in [-0.25, -0.2) is 0 Å². The monoisotopic (exact) mass is 559 g/mol. The van der Waals surface area contributed by atoms with Crippen molar-refractivity contribution in [3.63, 3.8) is 0 Å². The van der Waals surface area contributed by atoms with E-state index in [1.54, 1.807) is 0 Å². The van der Waals surface area contributed by atoms with Crippen molar-refractivity contribution in [3.05, 3.63) is 69.5 Å². The minimum absolute atomic E-state index is 0.0458. The predicted octanol–water partition coefficient (Wildman–Crippen LogP) is 10.2. The summed E-state index contributed by atoms with van der Waals surface area (Å²) in [6.07, 6.45) is 11.2. The number of fused-ring (bicyclic) bond motifs is 1. The van der Waals surface area contributed by atoms with Crippen LogP contribution < -0.4 is 0 Å². The minimum Gasteiger partial charge on any atom is -0.410 e. The maximum absolute atomic E-state index is 12.2. The van der Waals surface area contributed by atoms with E-state index in [-0.39, 0.29) is 17.1 Å². The van der Waals surface area contributed by atoms with E-state index in [9.17, 15) is 5.11 Å². The summed E-state index contributed by atoms with van der Waals surface area (Å²) >= 11 is 0. The molecule has 1 heterocycles. The molecule has 4 heteroatoms. The second-order valence-corrected chi connectivity index (χ2v) is 20.0. The van der Waals surface area contributed by atoms with Crippen LogP contribution in [0.4, 0.5) is 0 Å². The first-order valence-corrected chi connectivity index (χ1v) is 18.9. The molecule has 2 atom stereocenters. The van der Waals surface area contributed by atoms with Gasteiger partial charge in [-0.15, -0.1) is 0 Å². The molecule has 3 nitrogen and oxygen atoms in total. The van der Waals surface area contributed by atoms with Crippen LogP contribution in [0.3, 0.4) is 0 Å². The van der Waals surface area contributed by atoms with E-state index in [0.717, 1.165) is 42.5 Å². The topological polar surface area (TPSA) is 42.4 Å². The van der Waals surface area contributed by atoms with Crippen molar-refractivity contribution in [3.8, 4) is 0 Å². The summed E-state index contributed by atoms with van der Waals surface area (Å²) in [6, 6.07) is 8.62. The van der Waals surface area contributed by atoms with Gasteiger partial charge in [0.2, 0.25) is 0 Å². The lowest BCUT2D eigenvalue weighted by atomic mass is 9.59. The fourth-order valence-corrected chi connectivity index (χ4v) is 8.23. The van der Waals surface area contributed by atoms with Crippen LogP contribution in [0.2, 0.25) is 18.1 Å². The molecule has 2 aromatic rings. The molecule has 0 amide bonds. The van der Waals surface area contributed by atoms with Gasteiger partial charge in [-0.2, -0.15) is 0 Å². The lowest BCUT2D eigenvalue weighted by molar-refractivity contribution is 0.0296. The van der Waals surface area contributed by atoms with Crippen molar-refractivity contribution in [2.75, 3.05) is 0 Å². The van der Waals surface area contributed by atoms with Crippen LogP contribution in [-0.4, -0.2) is 18.4 Å². The highest BCUT2D eigenvalue weighted by atomic mass is 28.4. The Kier molecular flexibility index (Phi) is 8.04. The van der Waals surface area contributed by atoms with Gasteiger partial charge >= 0.3 is 0 Å². The normalized spacial score (nSPS) is 21.5. The second-order valence-electron chi connectivity index (χ2n) is 15.2. The van der Waals surface area contributed by atoms with Gasteiger partial charge in [-0.3, -0.25) is 4.98 Å². The molecule has 2 unspecified atom stereocenters. The molecule has 1 aromatic heterocycles. The van der Waals surface area contributed by atoms with Crippen LogP contribution in [0.15, 0.2) is 30.3 Å². The zero-order valence-corrected chi connectivity index (χ0v) is 27.7. The molecular formula is C36H53NO2Si. The average Bonchev–Trinajstić information content (AvgIpc) is 3.40. The van der Waals surface area contributed by atoms with Gasteiger partial charge in [-0.05, 0) is 103 Å². The summed E-state index contributed by atoms with van der Waals surface area (Å²) in [5, 5.41) is 12.3. The first-order chi connectivity index (χ1) is 18.7. The van der Waals surface area contributed by atoms with Gasteiger partial charge < -0.3 is 9.53 Å². The number of rotatable bonds is 7. The highest BCUT2D eigenvalue weighted by Gasteiger charge is 2.49. The van der Waals surface area contributed by atoms with Gasteiger partial charge in [-0.1, -0.05) is 85.2 Å². The number of benzene rings is 1. The molecule has 218 valence electrons. The number of allylic oxidation sites excluding steroid dienone is 2. The smallest absolute Gasteiger partial charge is 0.192 e. The molecule has 0 radical (unpaired) electrons. The highest BCUT2D eigenvalue weighted by molar-refractivity contribution is 6.74. The summed E-state index contributed by atoms with van der Waals surface area (Å²) in [7, 11) is -2.05. The van der Waals surface area contributed by atoms with Crippen LogP contribution in [0.5, 0.6) is 0 Å². The van der Waals surface area contributed by atoms with Crippen LogP contribution in [-0.2, 0) is 10.8 Å². The van der Waals surface area contributed by atoms with E-state index < -0.39 is 14.4 Å². The number of hydrogen-bond donors (Lipinski definition) is 1. The molecule has 0 saturated heterocycles. The SMILES string of the molecule is CC(C)c1ccc(C(O)c2c(C(C)C)nc3c(c2C2=CCCC2)C(O[Si](C)(C)C(C)(C)C)CC2(CCC2)C3)cc1. The van der Waals surface area contributed by atoms with Gasteiger partial charge in [0.15, 0.2) is 8.32 Å². The summed E-state index contributed by atoms with van der Waals surface area (Å²) in [6.45, 7) is 20.7. The van der Waals surface area contributed by atoms with E-state index in [2.05, 4.69) is 91.9 Å². The molecule has 3 aliphatic rings. The summed E-state index contributed by atoms with van der Waals surface area (Å²) < 4.78 is 7.37. The van der Waals surface area contributed by atoms with E-state index >= 15 is 0 Å². The molecule has 0 aliphatic heterocycles. The molecule has 40 heavy (non-hydrogen) atoms. The molecule has 5 rings (SSSR count). The van der Waals surface area contributed by atoms with Crippen LogP contribution >= 0.6 is 0 Å². The first-order valence-electron chi connectivity index (χ1n) is 15.9. The van der Waals surface area contributed by atoms with Gasteiger partial charge in [0.1, 0.15) is 6.10 Å². The van der Waals surface area contributed by atoms with Crippen molar-refractivity contribution in [2.24, 2.45) is 5.41 Å². The van der Waals surface area contributed by atoms with Crippen molar-refractivity contribution in [1.82, 2.24) is 4.98 Å². The lowest BCUT2D eigenvalue weighted by Gasteiger charge is -2.51. The van der Waals surface area contributed by atoms with Crippen molar-refractivity contribution < 1.29 is 9.53 Å². The average molecular weight is 560 g/mol. The molecule has 0 bridgehead atoms. The Balaban J connectivity index is 1.74. The Hall–Kier alpha value is -1.75. The predicted molar refractivity (Wildman–Crippen MR) is 170 cm³/mol. The fraction of sp³-hybridized carbons (Fsp3) is 0.639. The van der Waals surface area contributed by atoms with E-state index in [4.69, 9.17) is 9.41 Å². The number of pyridine rings is 1. The number of aliphatic hydroxyl groups excluding tert-OH is 1. The maximum atomic E-state index is 12.2. The van der Waals surface area contributed by atoms with E-state index in [0.29, 0.717) is 11.3 Å². The largest absolute Gasteiger partial charge is 0.410 e. The number of aliphatic hydroxyl groups is 1. The quantitative estimate of drug-likeness (QED) is 0.343. The van der Waals surface area contributed by atoms with Crippen LogP contribution in [0.1, 0.15) is 157 Å². The molecule has 1 spiro atoms. The zero-order valence-electron chi connectivity index (χ0n) is 26.7. The molecular weight excluding hydrogens is 506 g/mol. The third-order valence-electron chi connectivity index (χ3n) is 10.6. The Morgan fingerprint density at radius 2 is 1.62 bits per heavy atom. The van der Waals surface area contributed by atoms with Gasteiger partial charge in [0, 0.05) is 22.5 Å². The minimum atomic E-state index is -2.05.